The summed E-state index contributed by atoms with van der Waals surface area (Å²) in [5, 5.41) is 4.41. The van der Waals surface area contributed by atoms with Gasteiger partial charge < -0.3 is 15.0 Å². The van der Waals surface area contributed by atoms with E-state index in [0.29, 0.717) is 18.2 Å². The van der Waals surface area contributed by atoms with E-state index in [2.05, 4.69) is 22.1 Å². The van der Waals surface area contributed by atoms with E-state index in [4.69, 9.17) is 4.74 Å². The Morgan fingerprint density at radius 1 is 1.47 bits per heavy atom. The summed E-state index contributed by atoms with van der Waals surface area (Å²) >= 11 is 1.80. The standard InChI is InChI=1S/C12H19N3OS/c1-8(13-2)11-5-14-12(17-11)15-6-9-3-4-10(7-15)16-9/h5,8-10,13H,3-4,6-7H2,1-2H3. The van der Waals surface area contributed by atoms with Crippen LogP contribution in [0.3, 0.4) is 0 Å². The summed E-state index contributed by atoms with van der Waals surface area (Å²) in [6.07, 6.45) is 5.29. The monoisotopic (exact) mass is 253 g/mol. The Labute approximate surface area is 106 Å². The molecule has 0 amide bonds. The van der Waals surface area contributed by atoms with Gasteiger partial charge in [0.1, 0.15) is 0 Å². The molecular weight excluding hydrogens is 234 g/mol. The first-order chi connectivity index (χ1) is 8.26. The fourth-order valence-corrected chi connectivity index (χ4v) is 3.53. The molecule has 5 heteroatoms. The summed E-state index contributed by atoms with van der Waals surface area (Å²) in [7, 11) is 1.99. The second-order valence-electron chi connectivity index (χ2n) is 4.92. The summed E-state index contributed by atoms with van der Waals surface area (Å²) in [5.41, 5.74) is 0. The van der Waals surface area contributed by atoms with Crippen LogP contribution < -0.4 is 10.2 Å². The summed E-state index contributed by atoms with van der Waals surface area (Å²) in [6.45, 7) is 4.19. The largest absolute Gasteiger partial charge is 0.371 e. The van der Waals surface area contributed by atoms with Gasteiger partial charge in [0.25, 0.3) is 0 Å². The van der Waals surface area contributed by atoms with E-state index in [9.17, 15) is 0 Å². The third-order valence-electron chi connectivity index (χ3n) is 3.69. The fraction of sp³-hybridized carbons (Fsp3) is 0.750. The lowest BCUT2D eigenvalue weighted by atomic mass is 10.2. The van der Waals surface area contributed by atoms with Gasteiger partial charge in [0.15, 0.2) is 5.13 Å². The molecule has 3 atom stereocenters. The molecule has 0 aromatic carbocycles. The van der Waals surface area contributed by atoms with Crippen LogP contribution in [0, 0.1) is 0 Å². The molecule has 2 saturated heterocycles. The van der Waals surface area contributed by atoms with Crippen molar-refractivity contribution in [1.29, 1.82) is 0 Å². The van der Waals surface area contributed by atoms with Crippen molar-refractivity contribution in [2.75, 3.05) is 25.0 Å². The maximum absolute atomic E-state index is 5.85. The summed E-state index contributed by atoms with van der Waals surface area (Å²) in [6, 6.07) is 0.388. The van der Waals surface area contributed by atoms with Crippen molar-refractivity contribution in [3.8, 4) is 0 Å². The maximum Gasteiger partial charge on any atom is 0.185 e. The second kappa shape index (κ2) is 4.55. The first-order valence-electron chi connectivity index (χ1n) is 6.29. The number of nitrogens with zero attached hydrogens (tertiary/aromatic N) is 2. The lowest BCUT2D eigenvalue weighted by Gasteiger charge is -2.31. The van der Waals surface area contributed by atoms with Gasteiger partial charge in [-0.2, -0.15) is 0 Å². The van der Waals surface area contributed by atoms with Crippen molar-refractivity contribution in [3.05, 3.63) is 11.1 Å². The SMILES string of the molecule is CNC(C)c1cnc(N2CC3CCC(C2)O3)s1. The van der Waals surface area contributed by atoms with E-state index >= 15 is 0 Å². The molecule has 17 heavy (non-hydrogen) atoms. The van der Waals surface area contributed by atoms with E-state index in [-0.39, 0.29) is 0 Å². The van der Waals surface area contributed by atoms with E-state index in [1.165, 1.54) is 17.7 Å². The number of thiazole rings is 1. The number of ether oxygens (including phenoxy) is 1. The first-order valence-corrected chi connectivity index (χ1v) is 7.11. The number of hydrogen-bond acceptors (Lipinski definition) is 5. The molecule has 3 rings (SSSR count). The summed E-state index contributed by atoms with van der Waals surface area (Å²) in [5.74, 6) is 0. The van der Waals surface area contributed by atoms with E-state index in [0.717, 1.165) is 18.2 Å². The van der Waals surface area contributed by atoms with Crippen molar-refractivity contribution >= 4 is 16.5 Å². The highest BCUT2D eigenvalue weighted by atomic mass is 32.1. The molecule has 2 aliphatic heterocycles. The van der Waals surface area contributed by atoms with Crippen molar-refractivity contribution < 1.29 is 4.74 Å². The van der Waals surface area contributed by atoms with Gasteiger partial charge in [0.05, 0.1) is 12.2 Å². The molecule has 0 saturated carbocycles. The number of rotatable bonds is 3. The third-order valence-corrected chi connectivity index (χ3v) is 4.93. The van der Waals surface area contributed by atoms with E-state index < -0.39 is 0 Å². The van der Waals surface area contributed by atoms with Gasteiger partial charge in [-0.1, -0.05) is 0 Å². The van der Waals surface area contributed by atoms with Crippen LogP contribution >= 0.6 is 11.3 Å². The Kier molecular flexibility index (Phi) is 3.06. The molecule has 0 aliphatic carbocycles. The number of nitrogens with one attached hydrogen (secondary N) is 1. The second-order valence-corrected chi connectivity index (χ2v) is 5.96. The molecule has 2 fully saturated rings. The Balaban J connectivity index is 1.73. The number of aromatic nitrogens is 1. The highest BCUT2D eigenvalue weighted by Gasteiger charge is 2.34. The molecular formula is C12H19N3OS. The Morgan fingerprint density at radius 2 is 2.18 bits per heavy atom. The molecule has 1 N–H and O–H groups in total. The molecule has 0 radical (unpaired) electrons. The third kappa shape index (κ3) is 2.19. The Hall–Kier alpha value is -0.650. The quantitative estimate of drug-likeness (QED) is 0.891. The highest BCUT2D eigenvalue weighted by Crippen LogP contribution is 2.33. The van der Waals surface area contributed by atoms with Crippen LogP contribution in [-0.4, -0.2) is 37.3 Å². The van der Waals surface area contributed by atoms with Gasteiger partial charge in [-0.05, 0) is 26.8 Å². The lowest BCUT2D eigenvalue weighted by molar-refractivity contribution is 0.0305. The highest BCUT2D eigenvalue weighted by molar-refractivity contribution is 7.15. The number of morpholine rings is 1. The van der Waals surface area contributed by atoms with Gasteiger partial charge in [-0.25, -0.2) is 4.98 Å². The molecule has 1 aromatic rings. The molecule has 94 valence electrons. The van der Waals surface area contributed by atoms with E-state index in [1.807, 2.05) is 13.2 Å². The van der Waals surface area contributed by atoms with Crippen molar-refractivity contribution in [1.82, 2.24) is 10.3 Å². The lowest BCUT2D eigenvalue weighted by Crippen LogP contribution is -2.42. The van der Waals surface area contributed by atoms with Gasteiger partial charge in [-0.3, -0.25) is 0 Å². The molecule has 1 aromatic heterocycles. The zero-order valence-corrected chi connectivity index (χ0v) is 11.2. The number of anilines is 1. The molecule has 4 nitrogen and oxygen atoms in total. The zero-order valence-electron chi connectivity index (χ0n) is 10.3. The summed E-state index contributed by atoms with van der Waals surface area (Å²) < 4.78 is 5.85. The molecule has 2 bridgehead atoms. The van der Waals surface area contributed by atoms with Crippen LogP contribution in [0.1, 0.15) is 30.7 Å². The molecule has 2 aliphatic rings. The number of hydrogen-bond donors (Lipinski definition) is 1. The minimum atomic E-state index is 0.388. The average molecular weight is 253 g/mol. The van der Waals surface area contributed by atoms with Gasteiger partial charge in [0.2, 0.25) is 0 Å². The Bertz CT molecular complexity index is 383. The van der Waals surface area contributed by atoms with Crippen molar-refractivity contribution in [2.45, 2.75) is 38.0 Å². The van der Waals surface area contributed by atoms with Gasteiger partial charge in [-0.15, -0.1) is 11.3 Å². The van der Waals surface area contributed by atoms with Crippen LogP contribution in [0.25, 0.3) is 0 Å². The zero-order chi connectivity index (χ0) is 11.8. The summed E-state index contributed by atoms with van der Waals surface area (Å²) in [4.78, 5) is 8.25. The smallest absolute Gasteiger partial charge is 0.185 e. The fourth-order valence-electron chi connectivity index (χ4n) is 2.54. The van der Waals surface area contributed by atoms with Crippen LogP contribution in [0.15, 0.2) is 6.20 Å². The Morgan fingerprint density at radius 3 is 2.82 bits per heavy atom. The van der Waals surface area contributed by atoms with Crippen LogP contribution in [0.5, 0.6) is 0 Å². The predicted octanol–water partition coefficient (Wildman–Crippen LogP) is 1.79. The first kappa shape index (κ1) is 11.4. The molecule has 0 spiro atoms. The topological polar surface area (TPSA) is 37.4 Å². The normalized spacial score (nSPS) is 29.6. The molecule has 3 heterocycles. The minimum absolute atomic E-state index is 0.388. The van der Waals surface area contributed by atoms with Crippen LogP contribution in [-0.2, 0) is 4.74 Å². The average Bonchev–Trinajstić information content (AvgIpc) is 2.95. The van der Waals surface area contributed by atoms with Crippen molar-refractivity contribution in [3.63, 3.8) is 0 Å². The van der Waals surface area contributed by atoms with Gasteiger partial charge >= 0.3 is 0 Å². The predicted molar refractivity (Wildman–Crippen MR) is 69.7 cm³/mol. The minimum Gasteiger partial charge on any atom is -0.371 e. The van der Waals surface area contributed by atoms with Crippen LogP contribution in [0.2, 0.25) is 0 Å². The van der Waals surface area contributed by atoms with Crippen molar-refractivity contribution in [2.24, 2.45) is 0 Å². The maximum atomic E-state index is 5.85. The number of fused-ring (bicyclic) bond motifs is 2. The van der Waals surface area contributed by atoms with Gasteiger partial charge in [0, 0.05) is 30.2 Å². The molecule has 3 unspecified atom stereocenters. The van der Waals surface area contributed by atoms with Crippen LogP contribution in [0.4, 0.5) is 5.13 Å². The van der Waals surface area contributed by atoms with E-state index in [1.54, 1.807) is 11.3 Å².